The second-order valence-electron chi connectivity index (χ2n) is 3.29. The summed E-state index contributed by atoms with van der Waals surface area (Å²) in [4.78, 5) is 3.83. The molecule has 0 aliphatic heterocycles. The number of rotatable bonds is 3. The molecular weight excluding hydrogens is 222 g/mol. The number of phenolic OH excluding ortho intramolecular Hbond substituents is 2. The lowest BCUT2D eigenvalue weighted by molar-refractivity contribution is 0.403. The van der Waals surface area contributed by atoms with E-state index in [-0.39, 0.29) is 11.5 Å². The number of aromatic hydroxyl groups is 2. The smallest absolute Gasteiger partial charge is 0.219 e. The lowest BCUT2D eigenvalue weighted by Crippen LogP contribution is -2.09. The zero-order chi connectivity index (χ0) is 12.3. The first kappa shape index (κ1) is 10.8. The van der Waals surface area contributed by atoms with Crippen LogP contribution in [0.3, 0.4) is 0 Å². The van der Waals surface area contributed by atoms with E-state index in [1.165, 1.54) is 24.5 Å². The third-order valence-electron chi connectivity index (χ3n) is 2.16. The SMILES string of the molecule is N#C[C@H](Nc1ncn[nH]1)c1ccc(O)c(O)c1. The van der Waals surface area contributed by atoms with E-state index in [9.17, 15) is 10.2 Å². The molecule has 0 spiro atoms. The molecule has 0 unspecified atom stereocenters. The van der Waals surface area contributed by atoms with E-state index in [1.54, 1.807) is 0 Å². The van der Waals surface area contributed by atoms with E-state index >= 15 is 0 Å². The van der Waals surface area contributed by atoms with Crippen molar-refractivity contribution in [2.75, 3.05) is 5.32 Å². The molecule has 1 heterocycles. The number of nitrogens with zero attached hydrogens (tertiary/aromatic N) is 3. The van der Waals surface area contributed by atoms with E-state index < -0.39 is 6.04 Å². The Morgan fingerprint density at radius 2 is 2.18 bits per heavy atom. The summed E-state index contributed by atoms with van der Waals surface area (Å²) in [5, 5.41) is 36.5. The Bertz CT molecular complexity index is 546. The third kappa shape index (κ3) is 2.26. The fourth-order valence-electron chi connectivity index (χ4n) is 1.32. The molecule has 0 amide bonds. The Hall–Kier alpha value is -2.75. The minimum atomic E-state index is -0.700. The average Bonchev–Trinajstić information content (AvgIpc) is 2.82. The van der Waals surface area contributed by atoms with Crippen LogP contribution in [0.2, 0.25) is 0 Å². The largest absolute Gasteiger partial charge is 0.504 e. The first-order valence-corrected chi connectivity index (χ1v) is 4.74. The lowest BCUT2D eigenvalue weighted by Gasteiger charge is -2.11. The topological polar surface area (TPSA) is 118 Å². The molecule has 7 heteroatoms. The summed E-state index contributed by atoms with van der Waals surface area (Å²) >= 11 is 0. The van der Waals surface area contributed by atoms with E-state index in [4.69, 9.17) is 5.26 Å². The molecule has 0 radical (unpaired) electrons. The van der Waals surface area contributed by atoms with E-state index in [0.717, 1.165) is 0 Å². The molecule has 0 saturated heterocycles. The van der Waals surface area contributed by atoms with Crippen LogP contribution < -0.4 is 5.32 Å². The number of H-pyrrole nitrogens is 1. The maximum atomic E-state index is 9.35. The minimum Gasteiger partial charge on any atom is -0.504 e. The highest BCUT2D eigenvalue weighted by Crippen LogP contribution is 2.28. The first-order valence-electron chi connectivity index (χ1n) is 4.74. The Labute approximate surface area is 96.4 Å². The van der Waals surface area contributed by atoms with Gasteiger partial charge in [0.25, 0.3) is 0 Å². The zero-order valence-corrected chi connectivity index (χ0v) is 8.62. The molecule has 0 fully saturated rings. The third-order valence-corrected chi connectivity index (χ3v) is 2.16. The average molecular weight is 231 g/mol. The van der Waals surface area contributed by atoms with E-state index in [0.29, 0.717) is 11.5 Å². The van der Waals surface area contributed by atoms with Gasteiger partial charge in [0, 0.05) is 0 Å². The Morgan fingerprint density at radius 1 is 1.35 bits per heavy atom. The standard InChI is InChI=1S/C10H9N5O2/c11-4-7(14-10-12-5-13-15-10)6-1-2-8(16)9(17)3-6/h1-3,5,7,16-17H,(H2,12,13,14,15)/t7-/m0/s1. The van der Waals surface area contributed by atoms with Gasteiger partial charge in [-0.3, -0.25) is 0 Å². The summed E-state index contributed by atoms with van der Waals surface area (Å²) in [5.74, 6) is -0.156. The van der Waals surface area contributed by atoms with Gasteiger partial charge >= 0.3 is 0 Å². The molecule has 2 aromatic rings. The molecule has 1 aromatic carbocycles. The van der Waals surface area contributed by atoms with Gasteiger partial charge in [-0.15, -0.1) is 0 Å². The molecule has 1 atom stereocenters. The molecule has 0 bridgehead atoms. The fourth-order valence-corrected chi connectivity index (χ4v) is 1.32. The van der Waals surface area contributed by atoms with Crippen LogP contribution >= 0.6 is 0 Å². The zero-order valence-electron chi connectivity index (χ0n) is 8.62. The summed E-state index contributed by atoms with van der Waals surface area (Å²) in [7, 11) is 0. The monoisotopic (exact) mass is 231 g/mol. The number of benzene rings is 1. The van der Waals surface area contributed by atoms with Crippen LogP contribution in [0, 0.1) is 11.3 Å². The van der Waals surface area contributed by atoms with Gasteiger partial charge in [-0.2, -0.15) is 10.4 Å². The fraction of sp³-hybridized carbons (Fsp3) is 0.100. The number of nitrogens with one attached hydrogen (secondary N) is 2. The van der Waals surface area contributed by atoms with Gasteiger partial charge in [0.15, 0.2) is 11.5 Å². The molecule has 7 nitrogen and oxygen atoms in total. The highest BCUT2D eigenvalue weighted by molar-refractivity contribution is 5.45. The lowest BCUT2D eigenvalue weighted by atomic mass is 10.1. The summed E-state index contributed by atoms with van der Waals surface area (Å²) in [6.45, 7) is 0. The van der Waals surface area contributed by atoms with Crippen molar-refractivity contribution < 1.29 is 10.2 Å². The van der Waals surface area contributed by atoms with Crippen LogP contribution in [0.4, 0.5) is 5.95 Å². The Kier molecular flexibility index (Phi) is 2.79. The number of hydrogen-bond donors (Lipinski definition) is 4. The second-order valence-corrected chi connectivity index (χ2v) is 3.29. The first-order chi connectivity index (χ1) is 8.20. The summed E-state index contributed by atoms with van der Waals surface area (Å²) < 4.78 is 0. The number of nitriles is 1. The van der Waals surface area contributed by atoms with Crippen molar-refractivity contribution in [2.45, 2.75) is 6.04 Å². The van der Waals surface area contributed by atoms with Gasteiger partial charge in [0.2, 0.25) is 5.95 Å². The maximum absolute atomic E-state index is 9.35. The molecular formula is C10H9N5O2. The molecule has 86 valence electrons. The van der Waals surface area contributed by atoms with Crippen molar-refractivity contribution in [2.24, 2.45) is 0 Å². The van der Waals surface area contributed by atoms with Gasteiger partial charge in [0.05, 0.1) is 6.07 Å². The van der Waals surface area contributed by atoms with Gasteiger partial charge in [-0.1, -0.05) is 6.07 Å². The van der Waals surface area contributed by atoms with Crippen molar-refractivity contribution in [1.82, 2.24) is 15.2 Å². The summed E-state index contributed by atoms with van der Waals surface area (Å²) in [6, 6.07) is 5.47. The molecule has 0 aliphatic carbocycles. The molecule has 17 heavy (non-hydrogen) atoms. The second kappa shape index (κ2) is 4.40. The molecule has 0 aliphatic rings. The molecule has 0 saturated carbocycles. The summed E-state index contributed by atoms with van der Waals surface area (Å²) in [6.07, 6.45) is 1.31. The highest BCUT2D eigenvalue weighted by atomic mass is 16.3. The van der Waals surface area contributed by atoms with Gasteiger partial charge < -0.3 is 15.5 Å². The Morgan fingerprint density at radius 3 is 2.76 bits per heavy atom. The number of aromatic amines is 1. The minimum absolute atomic E-state index is 0.231. The van der Waals surface area contributed by atoms with Crippen LogP contribution in [0.25, 0.3) is 0 Å². The van der Waals surface area contributed by atoms with Crippen LogP contribution in [-0.2, 0) is 0 Å². The normalized spacial score (nSPS) is 11.7. The van der Waals surface area contributed by atoms with Crippen molar-refractivity contribution in [1.29, 1.82) is 5.26 Å². The number of anilines is 1. The van der Waals surface area contributed by atoms with Crippen LogP contribution in [-0.4, -0.2) is 25.4 Å². The van der Waals surface area contributed by atoms with Crippen molar-refractivity contribution in [3.8, 4) is 17.6 Å². The van der Waals surface area contributed by atoms with Crippen LogP contribution in [0.15, 0.2) is 24.5 Å². The van der Waals surface area contributed by atoms with E-state index in [1.807, 2.05) is 6.07 Å². The van der Waals surface area contributed by atoms with Gasteiger partial charge in [-0.05, 0) is 17.7 Å². The predicted molar refractivity (Wildman–Crippen MR) is 58.1 cm³/mol. The number of phenols is 2. The Balaban J connectivity index is 2.24. The van der Waals surface area contributed by atoms with Crippen LogP contribution in [0.5, 0.6) is 11.5 Å². The summed E-state index contributed by atoms with van der Waals surface area (Å²) in [5.41, 5.74) is 0.513. The molecule has 2 rings (SSSR count). The van der Waals surface area contributed by atoms with Gasteiger partial charge in [-0.25, -0.2) is 10.1 Å². The predicted octanol–water partition coefficient (Wildman–Crippen LogP) is 0.893. The van der Waals surface area contributed by atoms with E-state index in [2.05, 4.69) is 20.5 Å². The van der Waals surface area contributed by atoms with Gasteiger partial charge in [0.1, 0.15) is 12.4 Å². The van der Waals surface area contributed by atoms with Crippen molar-refractivity contribution >= 4 is 5.95 Å². The number of hydrogen-bond acceptors (Lipinski definition) is 6. The number of aromatic nitrogens is 3. The molecule has 1 aromatic heterocycles. The van der Waals surface area contributed by atoms with Crippen LogP contribution in [0.1, 0.15) is 11.6 Å². The van der Waals surface area contributed by atoms with Crippen molar-refractivity contribution in [3.63, 3.8) is 0 Å². The maximum Gasteiger partial charge on any atom is 0.219 e. The molecule has 4 N–H and O–H groups in total. The van der Waals surface area contributed by atoms with Crippen molar-refractivity contribution in [3.05, 3.63) is 30.1 Å². The quantitative estimate of drug-likeness (QED) is 0.583. The highest BCUT2D eigenvalue weighted by Gasteiger charge is 2.13.